The van der Waals surface area contributed by atoms with E-state index in [1.165, 1.54) is 10.6 Å². The van der Waals surface area contributed by atoms with E-state index < -0.39 is 8.07 Å². The fraction of sp³-hybridized carbons (Fsp3) is 0.263. The largest absolute Gasteiger partial charge is 0.447 e. The maximum absolute atomic E-state index is 4.88. The first-order valence-electron chi connectivity index (χ1n) is 7.52. The lowest BCUT2D eigenvalue weighted by Gasteiger charge is -2.02. The third-order valence-electron chi connectivity index (χ3n) is 2.48. The van der Waals surface area contributed by atoms with Crippen LogP contribution >= 0.6 is 8.58 Å². The van der Waals surface area contributed by atoms with Gasteiger partial charge in [-0.15, -0.1) is 0 Å². The second-order valence-corrected chi connectivity index (χ2v) is 11.9. The minimum absolute atomic E-state index is 0.692. The normalized spacial score (nSPS) is 9.82. The van der Waals surface area contributed by atoms with Crippen LogP contribution in [-0.4, -0.2) is 14.7 Å². The van der Waals surface area contributed by atoms with Crippen LogP contribution in [0.5, 0.6) is 0 Å². The van der Waals surface area contributed by atoms with E-state index in [-0.39, 0.29) is 0 Å². The van der Waals surface area contributed by atoms with Gasteiger partial charge in [-0.2, -0.15) is 0 Å². The Morgan fingerprint density at radius 3 is 1.68 bits per heavy atom. The van der Waals surface area contributed by atoms with Gasteiger partial charge in [0, 0.05) is 0 Å². The third-order valence-corrected chi connectivity index (χ3v) is 4.57. The number of hydrogen-bond acceptors (Lipinski definition) is 1. The van der Waals surface area contributed by atoms with Crippen LogP contribution in [0.15, 0.2) is 60.7 Å². The summed E-state index contributed by atoms with van der Waals surface area (Å²) >= 11 is 0. The molecule has 0 fully saturated rings. The van der Waals surface area contributed by atoms with Crippen molar-refractivity contribution in [3.8, 4) is 11.7 Å². The van der Waals surface area contributed by atoms with Crippen LogP contribution in [0.3, 0.4) is 0 Å². The predicted molar refractivity (Wildman–Crippen MR) is 103 cm³/mol. The Bertz CT molecular complexity index is 542. The fourth-order valence-electron chi connectivity index (χ4n) is 1.47. The number of rotatable bonds is 3. The molecule has 0 aromatic heterocycles. The molecule has 0 saturated carbocycles. The van der Waals surface area contributed by atoms with E-state index in [4.69, 9.17) is 4.74 Å². The van der Waals surface area contributed by atoms with Gasteiger partial charge in [-0.3, -0.25) is 0 Å². The monoisotopic (exact) mass is 328 g/mol. The van der Waals surface area contributed by atoms with Gasteiger partial charge in [-0.25, -0.2) is 0 Å². The molecule has 0 N–H and O–H groups in total. The summed E-state index contributed by atoms with van der Waals surface area (Å²) in [5.74, 6) is 0. The van der Waals surface area contributed by atoms with Gasteiger partial charge in [-0.1, -0.05) is 94.4 Å². The molecular formula is C19H25OPSi. The first-order valence-corrected chi connectivity index (χ1v) is 12.0. The van der Waals surface area contributed by atoms with E-state index in [9.17, 15) is 0 Å². The summed E-state index contributed by atoms with van der Waals surface area (Å²) in [5, 5.41) is 2.79. The maximum atomic E-state index is 4.88. The molecule has 0 aliphatic rings. The van der Waals surface area contributed by atoms with Gasteiger partial charge < -0.3 is 4.74 Å². The molecule has 2 aromatic carbocycles. The molecule has 0 heterocycles. The summed E-state index contributed by atoms with van der Waals surface area (Å²) < 4.78 is 4.88. The van der Waals surface area contributed by atoms with Crippen molar-refractivity contribution >= 4 is 27.3 Å². The molecule has 0 unspecified atom stereocenters. The standard InChI is InChI=1S/C12H11P.C7H14OSi/c1-3-7-11(8-4-1)13-12-9-5-2-6-10-12;1-5-8-6-7-9(2,3)4/h1-10,13H;5H2,1-4H3. The lowest BCUT2D eigenvalue weighted by molar-refractivity contribution is 0.299. The molecule has 0 atom stereocenters. The van der Waals surface area contributed by atoms with Crippen LogP contribution in [0.25, 0.3) is 0 Å². The van der Waals surface area contributed by atoms with Crippen molar-refractivity contribution in [2.45, 2.75) is 26.6 Å². The van der Waals surface area contributed by atoms with Crippen molar-refractivity contribution in [2.75, 3.05) is 6.61 Å². The third kappa shape index (κ3) is 9.40. The summed E-state index contributed by atoms with van der Waals surface area (Å²) in [6, 6.07) is 21.2. The van der Waals surface area contributed by atoms with E-state index >= 15 is 0 Å². The van der Waals surface area contributed by atoms with E-state index in [0.717, 1.165) is 8.58 Å². The molecule has 0 saturated heterocycles. The Morgan fingerprint density at radius 2 is 1.32 bits per heavy atom. The van der Waals surface area contributed by atoms with E-state index in [1.54, 1.807) is 0 Å². The number of benzene rings is 2. The highest BCUT2D eigenvalue weighted by Gasteiger charge is 2.07. The maximum Gasteiger partial charge on any atom is 0.133 e. The van der Waals surface area contributed by atoms with Crippen LogP contribution < -0.4 is 10.6 Å². The Morgan fingerprint density at radius 1 is 0.864 bits per heavy atom. The van der Waals surface area contributed by atoms with Crippen LogP contribution in [0.2, 0.25) is 19.6 Å². The highest BCUT2D eigenvalue weighted by molar-refractivity contribution is 7.55. The van der Waals surface area contributed by atoms with E-state index in [2.05, 4.69) is 92.0 Å². The first-order chi connectivity index (χ1) is 10.5. The zero-order valence-corrected chi connectivity index (χ0v) is 15.9. The molecule has 116 valence electrons. The van der Waals surface area contributed by atoms with Crippen LogP contribution in [0.4, 0.5) is 0 Å². The quantitative estimate of drug-likeness (QED) is 0.467. The van der Waals surface area contributed by atoms with Gasteiger partial charge >= 0.3 is 0 Å². The predicted octanol–water partition coefficient (Wildman–Crippen LogP) is 4.18. The number of hydrogen-bond donors (Lipinski definition) is 0. The second-order valence-electron chi connectivity index (χ2n) is 5.77. The Balaban J connectivity index is 0.000000239. The molecule has 2 rings (SSSR count). The molecule has 1 nitrogen and oxygen atoms in total. The highest BCUT2D eigenvalue weighted by Crippen LogP contribution is 2.08. The van der Waals surface area contributed by atoms with Gasteiger partial charge in [0.05, 0.1) is 6.61 Å². The molecule has 0 bridgehead atoms. The highest BCUT2D eigenvalue weighted by atomic mass is 31.1. The average molecular weight is 328 g/mol. The lowest BCUT2D eigenvalue weighted by Crippen LogP contribution is -2.16. The Hall–Kier alpha value is -1.55. The van der Waals surface area contributed by atoms with Crippen LogP contribution in [0.1, 0.15) is 6.92 Å². The van der Waals surface area contributed by atoms with E-state index in [1.807, 2.05) is 6.92 Å². The molecular weight excluding hydrogens is 303 g/mol. The molecule has 0 spiro atoms. The zero-order valence-electron chi connectivity index (χ0n) is 13.9. The van der Waals surface area contributed by atoms with Crippen molar-refractivity contribution in [1.82, 2.24) is 0 Å². The molecule has 0 aliphatic carbocycles. The Labute approximate surface area is 137 Å². The lowest BCUT2D eigenvalue weighted by atomic mass is 10.4. The molecule has 0 aliphatic heterocycles. The zero-order chi connectivity index (χ0) is 16.3. The van der Waals surface area contributed by atoms with Gasteiger partial charge in [0.15, 0.2) is 0 Å². The fourth-order valence-corrected chi connectivity index (χ4v) is 2.90. The van der Waals surface area contributed by atoms with Crippen LogP contribution in [-0.2, 0) is 4.74 Å². The summed E-state index contributed by atoms with van der Waals surface area (Å²) in [7, 11) is -0.404. The van der Waals surface area contributed by atoms with Crippen molar-refractivity contribution < 1.29 is 4.74 Å². The molecule has 22 heavy (non-hydrogen) atoms. The first kappa shape index (κ1) is 18.5. The van der Waals surface area contributed by atoms with Gasteiger partial charge in [-0.05, 0) is 17.5 Å². The SMILES string of the molecule is CCOC#C[Si](C)(C)C.c1ccc(Pc2ccccc2)cc1. The molecule has 3 heteroatoms. The smallest absolute Gasteiger partial charge is 0.133 e. The minimum atomic E-state index is -1.18. The van der Waals surface area contributed by atoms with Crippen molar-refractivity contribution in [3.05, 3.63) is 60.7 Å². The van der Waals surface area contributed by atoms with E-state index in [0.29, 0.717) is 6.61 Å². The summed E-state index contributed by atoms with van der Waals surface area (Å²) in [5.41, 5.74) is 3.09. The van der Waals surface area contributed by atoms with Crippen molar-refractivity contribution in [3.63, 3.8) is 0 Å². The number of ether oxygens (including phenoxy) is 1. The summed E-state index contributed by atoms with van der Waals surface area (Å²) in [4.78, 5) is 0. The second kappa shape index (κ2) is 10.2. The molecule has 0 amide bonds. The Kier molecular flexibility index (Phi) is 8.59. The van der Waals surface area contributed by atoms with Gasteiger partial charge in [0.25, 0.3) is 0 Å². The topological polar surface area (TPSA) is 9.23 Å². The van der Waals surface area contributed by atoms with Gasteiger partial charge in [0.2, 0.25) is 0 Å². The summed E-state index contributed by atoms with van der Waals surface area (Å²) in [6.45, 7) is 9.22. The minimum Gasteiger partial charge on any atom is -0.447 e. The average Bonchev–Trinajstić information content (AvgIpc) is 2.49. The molecule has 2 aromatic rings. The summed E-state index contributed by atoms with van der Waals surface area (Å²) in [6.07, 6.45) is 2.69. The molecule has 0 radical (unpaired) electrons. The van der Waals surface area contributed by atoms with Gasteiger partial charge in [0.1, 0.15) is 14.2 Å². The van der Waals surface area contributed by atoms with Crippen LogP contribution in [0, 0.1) is 11.7 Å². The van der Waals surface area contributed by atoms with Crippen molar-refractivity contribution in [1.29, 1.82) is 0 Å². The van der Waals surface area contributed by atoms with Crippen molar-refractivity contribution in [2.24, 2.45) is 0 Å².